The maximum atomic E-state index is 11.5. The number of benzene rings is 4. The first-order valence-electron chi connectivity index (χ1n) is 14.2. The summed E-state index contributed by atoms with van der Waals surface area (Å²) in [5.41, 5.74) is 6.05. The third-order valence-corrected chi connectivity index (χ3v) is 8.78. The van der Waals surface area contributed by atoms with E-state index in [1.165, 1.54) is 6.92 Å². The molecular weight excluding hydrogens is 546 g/mol. The lowest BCUT2D eigenvalue weighted by Gasteiger charge is -2.41. The summed E-state index contributed by atoms with van der Waals surface area (Å²) < 4.78 is 18.8. The number of aliphatic hydroxyl groups is 1. The van der Waals surface area contributed by atoms with Crippen molar-refractivity contribution in [3.63, 3.8) is 0 Å². The van der Waals surface area contributed by atoms with Gasteiger partial charge in [0.2, 0.25) is 5.91 Å². The van der Waals surface area contributed by atoms with Gasteiger partial charge in [0, 0.05) is 35.6 Å². The average Bonchev–Trinajstić information content (AvgIpc) is 3.03. The fourth-order valence-electron chi connectivity index (χ4n) is 5.22. The number of nitrogens with one attached hydrogen (secondary N) is 1. The van der Waals surface area contributed by atoms with Gasteiger partial charge in [0.15, 0.2) is 6.29 Å². The fourth-order valence-corrected chi connectivity index (χ4v) is 6.41. The number of carbonyl (C=O) groups excluding carboxylic acids is 1. The number of hydrogen-bond acceptors (Lipinski definition) is 6. The van der Waals surface area contributed by atoms with Crippen molar-refractivity contribution in [2.45, 2.75) is 50.4 Å². The number of rotatable bonds is 10. The predicted molar refractivity (Wildman–Crippen MR) is 166 cm³/mol. The Balaban J connectivity index is 1.40. The summed E-state index contributed by atoms with van der Waals surface area (Å²) in [6.07, 6.45) is -0.812. The van der Waals surface area contributed by atoms with Crippen LogP contribution in [0.4, 0.5) is 0 Å². The van der Waals surface area contributed by atoms with E-state index in [1.807, 2.05) is 60.7 Å². The summed E-state index contributed by atoms with van der Waals surface area (Å²) in [7, 11) is 1.69. The smallest absolute Gasteiger partial charge is 0.217 e. The molecule has 1 aliphatic rings. The van der Waals surface area contributed by atoms with Crippen LogP contribution in [0.2, 0.25) is 0 Å². The Labute approximate surface area is 252 Å². The van der Waals surface area contributed by atoms with Gasteiger partial charge >= 0.3 is 0 Å². The van der Waals surface area contributed by atoms with Gasteiger partial charge in [-0.05, 0) is 39.9 Å². The molecule has 1 aliphatic heterocycles. The highest BCUT2D eigenvalue weighted by atomic mass is 32.2. The zero-order valence-corrected chi connectivity index (χ0v) is 25.0. The summed E-state index contributed by atoms with van der Waals surface area (Å²) in [5.74, 6) is 1.62. The number of para-hydroxylation sites is 1. The molecule has 6 nitrogen and oxygen atoms in total. The molecule has 1 heterocycles. The van der Waals surface area contributed by atoms with E-state index in [2.05, 4.69) is 48.6 Å². The number of hydrogen-bond donors (Lipinski definition) is 2. The van der Waals surface area contributed by atoms with Crippen LogP contribution in [0.25, 0.3) is 11.1 Å². The molecule has 1 saturated heterocycles. The first-order valence-corrected chi connectivity index (χ1v) is 15.1. The Morgan fingerprint density at radius 2 is 1.60 bits per heavy atom. The number of amides is 1. The second kappa shape index (κ2) is 14.0. The van der Waals surface area contributed by atoms with E-state index in [9.17, 15) is 9.90 Å². The molecule has 2 N–H and O–H groups in total. The van der Waals surface area contributed by atoms with Crippen molar-refractivity contribution in [2.24, 2.45) is 5.92 Å². The molecule has 0 aliphatic carbocycles. The zero-order valence-electron chi connectivity index (χ0n) is 24.2. The molecule has 0 unspecified atom stereocenters. The van der Waals surface area contributed by atoms with Crippen molar-refractivity contribution in [1.29, 1.82) is 0 Å². The lowest BCUT2D eigenvalue weighted by atomic mass is 9.91. The molecule has 0 aromatic heterocycles. The molecule has 4 aromatic rings. The standard InChI is InChI=1S/C35H37NO5S/c1-23-32(22-42-33-11-7-6-10-31(33)39-3)40-35(41-34(23)27-14-12-25(21-37)13-15-27)28-18-16-26(17-19-28)30-9-5-4-8-29(30)20-36-24(2)38/h4-19,23,32,34-35,37H,20-22H2,1-3H3,(H,36,38)/t23-,32+,34+,35+/m1/s1. The van der Waals surface area contributed by atoms with Crippen molar-refractivity contribution < 1.29 is 24.1 Å². The highest BCUT2D eigenvalue weighted by molar-refractivity contribution is 7.99. The Bertz CT molecular complexity index is 1470. The highest BCUT2D eigenvalue weighted by Gasteiger charge is 2.38. The molecule has 0 radical (unpaired) electrons. The van der Waals surface area contributed by atoms with Crippen LogP contribution in [-0.4, -0.2) is 30.0 Å². The van der Waals surface area contributed by atoms with Crippen LogP contribution in [0.3, 0.4) is 0 Å². The molecule has 5 rings (SSSR count). The quantitative estimate of drug-likeness (QED) is 0.195. The van der Waals surface area contributed by atoms with Crippen LogP contribution >= 0.6 is 11.8 Å². The number of methoxy groups -OCH3 is 1. The van der Waals surface area contributed by atoms with E-state index in [4.69, 9.17) is 14.2 Å². The van der Waals surface area contributed by atoms with E-state index < -0.39 is 6.29 Å². The van der Waals surface area contributed by atoms with Crippen LogP contribution < -0.4 is 10.1 Å². The maximum absolute atomic E-state index is 11.5. The molecule has 218 valence electrons. The molecule has 0 bridgehead atoms. The monoisotopic (exact) mass is 583 g/mol. The average molecular weight is 584 g/mol. The Morgan fingerprint density at radius 3 is 2.31 bits per heavy atom. The molecule has 4 aromatic carbocycles. The third-order valence-electron chi connectivity index (χ3n) is 7.63. The van der Waals surface area contributed by atoms with Gasteiger partial charge in [0.05, 0.1) is 25.9 Å². The van der Waals surface area contributed by atoms with Crippen LogP contribution in [0.5, 0.6) is 5.75 Å². The minimum absolute atomic E-state index is 0.00551. The van der Waals surface area contributed by atoms with Gasteiger partial charge in [-0.25, -0.2) is 0 Å². The second-order valence-corrected chi connectivity index (χ2v) is 11.5. The van der Waals surface area contributed by atoms with Gasteiger partial charge < -0.3 is 24.6 Å². The van der Waals surface area contributed by atoms with E-state index in [0.29, 0.717) is 6.54 Å². The molecule has 0 spiro atoms. The van der Waals surface area contributed by atoms with Gasteiger partial charge in [-0.3, -0.25) is 4.79 Å². The van der Waals surface area contributed by atoms with Crippen molar-refractivity contribution in [2.75, 3.05) is 12.9 Å². The van der Waals surface area contributed by atoms with Crippen molar-refractivity contribution in [3.05, 3.63) is 119 Å². The minimum atomic E-state index is -0.546. The van der Waals surface area contributed by atoms with Gasteiger partial charge in [0.1, 0.15) is 5.75 Å². The molecule has 1 amide bonds. The summed E-state index contributed by atoms with van der Waals surface area (Å²) in [6.45, 7) is 4.18. The number of ether oxygens (including phenoxy) is 3. The SMILES string of the molecule is COc1ccccc1SC[C@@H]1O[C@H](c2ccc(-c3ccccc3CNC(C)=O)cc2)O[C@H](c2ccc(CO)cc2)[C@@H]1C. The van der Waals surface area contributed by atoms with Gasteiger partial charge in [-0.15, -0.1) is 11.8 Å². The van der Waals surface area contributed by atoms with Gasteiger partial charge in [-0.2, -0.15) is 0 Å². The molecular formula is C35H37NO5S. The van der Waals surface area contributed by atoms with Crippen molar-refractivity contribution >= 4 is 17.7 Å². The summed E-state index contributed by atoms with van der Waals surface area (Å²) in [5, 5.41) is 12.4. The predicted octanol–water partition coefficient (Wildman–Crippen LogP) is 7.07. The number of aliphatic hydroxyl groups excluding tert-OH is 1. The van der Waals surface area contributed by atoms with E-state index >= 15 is 0 Å². The number of carbonyl (C=O) groups is 1. The minimum Gasteiger partial charge on any atom is -0.496 e. The Morgan fingerprint density at radius 1 is 0.905 bits per heavy atom. The van der Waals surface area contributed by atoms with Gasteiger partial charge in [0.25, 0.3) is 0 Å². The van der Waals surface area contributed by atoms with E-state index in [0.717, 1.165) is 49.8 Å². The lowest BCUT2D eigenvalue weighted by molar-refractivity contribution is -0.268. The Kier molecular flexibility index (Phi) is 9.97. The van der Waals surface area contributed by atoms with E-state index in [-0.39, 0.29) is 30.6 Å². The Hall–Kier alpha value is -3.62. The number of thioether (sulfide) groups is 1. The topological polar surface area (TPSA) is 77.0 Å². The second-order valence-electron chi connectivity index (χ2n) is 10.5. The largest absolute Gasteiger partial charge is 0.496 e. The van der Waals surface area contributed by atoms with Gasteiger partial charge in [-0.1, -0.05) is 91.9 Å². The summed E-state index contributed by atoms with van der Waals surface area (Å²) in [6, 6.07) is 32.4. The third kappa shape index (κ3) is 7.05. The molecule has 42 heavy (non-hydrogen) atoms. The maximum Gasteiger partial charge on any atom is 0.217 e. The zero-order chi connectivity index (χ0) is 29.5. The van der Waals surface area contributed by atoms with Crippen LogP contribution in [0.15, 0.2) is 102 Å². The lowest BCUT2D eigenvalue weighted by Crippen LogP contribution is -2.38. The first-order chi connectivity index (χ1) is 20.5. The van der Waals surface area contributed by atoms with Crippen LogP contribution in [0, 0.1) is 5.92 Å². The summed E-state index contributed by atoms with van der Waals surface area (Å²) >= 11 is 1.72. The van der Waals surface area contributed by atoms with Crippen LogP contribution in [-0.2, 0) is 27.4 Å². The molecule has 7 heteroatoms. The molecule has 1 fully saturated rings. The van der Waals surface area contributed by atoms with Crippen LogP contribution in [0.1, 0.15) is 48.5 Å². The van der Waals surface area contributed by atoms with Crippen molar-refractivity contribution in [3.8, 4) is 16.9 Å². The normalized spacial score (nSPS) is 20.2. The summed E-state index contributed by atoms with van der Waals surface area (Å²) in [4.78, 5) is 12.6. The molecule has 4 atom stereocenters. The van der Waals surface area contributed by atoms with Crippen molar-refractivity contribution in [1.82, 2.24) is 5.32 Å². The fraction of sp³-hybridized carbons (Fsp3) is 0.286. The van der Waals surface area contributed by atoms with E-state index in [1.54, 1.807) is 18.9 Å². The molecule has 0 saturated carbocycles. The first kappa shape index (κ1) is 29.9. The highest BCUT2D eigenvalue weighted by Crippen LogP contribution is 2.44.